The van der Waals surface area contributed by atoms with E-state index in [1.165, 1.54) is 25.9 Å². The third kappa shape index (κ3) is 5.94. The third-order valence-corrected chi connectivity index (χ3v) is 13.1. The van der Waals surface area contributed by atoms with Crippen molar-refractivity contribution in [1.82, 2.24) is 30.0 Å². The number of benzene rings is 2. The number of rotatable bonds is 10. The fourth-order valence-electron chi connectivity index (χ4n) is 9.55. The molecule has 1 atom stereocenters. The molecule has 0 amide bonds. The molecule has 280 valence electrons. The Morgan fingerprint density at radius 1 is 1.02 bits per heavy atom. The molecule has 13 heteroatoms. The number of fused-ring (bicyclic) bond motifs is 2. The third-order valence-electron chi connectivity index (χ3n) is 13.1. The Balaban J connectivity index is 1.07. The summed E-state index contributed by atoms with van der Waals surface area (Å²) in [5, 5.41) is 19.1. The van der Waals surface area contributed by atoms with E-state index in [2.05, 4.69) is 32.6 Å². The van der Waals surface area contributed by atoms with E-state index in [9.17, 15) is 18.3 Å². The number of halogens is 3. The molecule has 0 radical (unpaired) electrons. The number of aliphatic hydroxyl groups excluding tert-OH is 1. The van der Waals surface area contributed by atoms with Crippen LogP contribution in [0.3, 0.4) is 0 Å². The van der Waals surface area contributed by atoms with Crippen molar-refractivity contribution in [3.8, 4) is 22.9 Å². The van der Waals surface area contributed by atoms with Crippen molar-refractivity contribution in [1.29, 1.82) is 0 Å². The van der Waals surface area contributed by atoms with Crippen LogP contribution in [0.5, 0.6) is 11.8 Å². The molecular weight excluding hydrogens is 683 g/mol. The van der Waals surface area contributed by atoms with Crippen LogP contribution in [-0.4, -0.2) is 105 Å². The first-order chi connectivity index (χ1) is 25.5. The largest absolute Gasteiger partial charge is 0.481 e. The molecule has 10 rings (SSSR count). The highest BCUT2D eigenvalue weighted by Crippen LogP contribution is 2.56. The highest BCUT2D eigenvalue weighted by atomic mass is 19.4. The van der Waals surface area contributed by atoms with Crippen LogP contribution in [0.25, 0.3) is 32.9 Å². The first-order valence-electron chi connectivity index (χ1n) is 19.2. The van der Waals surface area contributed by atoms with E-state index < -0.39 is 19.0 Å². The molecule has 5 heterocycles. The second-order valence-electron chi connectivity index (χ2n) is 17.0. The normalized spacial score (nSPS) is 25.6. The van der Waals surface area contributed by atoms with E-state index in [1.54, 1.807) is 12.3 Å². The molecular formula is C40H46F3N7O3. The number of aryl methyl sites for hydroxylation is 1. The van der Waals surface area contributed by atoms with Gasteiger partial charge in [-0.2, -0.15) is 28.2 Å². The van der Waals surface area contributed by atoms with Crippen molar-refractivity contribution in [3.63, 3.8) is 0 Å². The molecule has 0 bridgehead atoms. The monoisotopic (exact) mass is 729 g/mol. The molecule has 6 fully saturated rings. The molecule has 3 saturated carbocycles. The lowest BCUT2D eigenvalue weighted by Crippen LogP contribution is -2.62. The summed E-state index contributed by atoms with van der Waals surface area (Å²) in [6.45, 7) is 9.67. The van der Waals surface area contributed by atoms with Gasteiger partial charge in [0, 0.05) is 74.5 Å². The predicted octanol–water partition coefficient (Wildman–Crippen LogP) is 6.71. The molecule has 2 aromatic heterocycles. The summed E-state index contributed by atoms with van der Waals surface area (Å²) >= 11 is 0. The lowest BCUT2D eigenvalue weighted by molar-refractivity contribution is -0.153. The van der Waals surface area contributed by atoms with Crippen molar-refractivity contribution in [3.05, 3.63) is 48.2 Å². The second kappa shape index (κ2) is 12.0. The number of aromatic amines is 1. The van der Waals surface area contributed by atoms with Crippen molar-refractivity contribution < 1.29 is 27.8 Å². The highest BCUT2D eigenvalue weighted by Gasteiger charge is 2.55. The fraction of sp³-hybridized carbons (Fsp3) is 0.575. The number of hydrogen-bond donors (Lipinski definition) is 2. The van der Waals surface area contributed by atoms with Crippen molar-refractivity contribution in [2.45, 2.75) is 88.8 Å². The molecule has 2 aromatic carbocycles. The van der Waals surface area contributed by atoms with Gasteiger partial charge in [0.15, 0.2) is 12.4 Å². The van der Waals surface area contributed by atoms with Crippen LogP contribution < -0.4 is 14.4 Å². The summed E-state index contributed by atoms with van der Waals surface area (Å²) in [5.74, 6) is 0.980. The molecule has 10 nitrogen and oxygen atoms in total. The van der Waals surface area contributed by atoms with Gasteiger partial charge in [-0.25, -0.2) is 0 Å². The van der Waals surface area contributed by atoms with Gasteiger partial charge in [0.2, 0.25) is 0 Å². The Morgan fingerprint density at radius 2 is 1.75 bits per heavy atom. The molecule has 3 aliphatic heterocycles. The summed E-state index contributed by atoms with van der Waals surface area (Å²) < 4.78 is 54.7. The fourth-order valence-corrected chi connectivity index (χ4v) is 9.55. The first-order valence-corrected chi connectivity index (χ1v) is 19.2. The van der Waals surface area contributed by atoms with E-state index in [4.69, 9.17) is 19.4 Å². The number of nitrogens with one attached hydrogen (secondary N) is 1. The minimum absolute atomic E-state index is 0.0606. The average molecular weight is 730 g/mol. The van der Waals surface area contributed by atoms with Crippen LogP contribution in [0, 0.1) is 17.8 Å². The number of piperidine rings is 1. The van der Waals surface area contributed by atoms with Crippen LogP contribution >= 0.6 is 0 Å². The van der Waals surface area contributed by atoms with Gasteiger partial charge in [-0.1, -0.05) is 12.6 Å². The van der Waals surface area contributed by atoms with E-state index in [-0.39, 0.29) is 29.2 Å². The molecule has 3 saturated heterocycles. The van der Waals surface area contributed by atoms with Gasteiger partial charge in [-0.3, -0.25) is 14.9 Å². The minimum Gasteiger partial charge on any atom is -0.481 e. The maximum atomic E-state index is 14.1. The number of ether oxygens (including phenoxy) is 2. The Labute approximate surface area is 306 Å². The number of aromatic nitrogens is 4. The maximum Gasteiger partial charge on any atom is 0.422 e. The smallest absolute Gasteiger partial charge is 0.422 e. The van der Waals surface area contributed by atoms with Crippen LogP contribution in [0.15, 0.2) is 37.1 Å². The zero-order valence-electron chi connectivity index (χ0n) is 30.1. The van der Waals surface area contributed by atoms with E-state index in [0.717, 1.165) is 92.3 Å². The summed E-state index contributed by atoms with van der Waals surface area (Å²) in [6, 6.07) is 6.71. The van der Waals surface area contributed by atoms with Crippen LogP contribution in [0.4, 0.5) is 19.0 Å². The summed E-state index contributed by atoms with van der Waals surface area (Å²) in [4.78, 5) is 16.9. The van der Waals surface area contributed by atoms with Gasteiger partial charge in [0.1, 0.15) is 23.7 Å². The molecule has 2 spiro atoms. The number of hydrogen-bond acceptors (Lipinski definition) is 9. The number of likely N-dealkylation sites (tertiary alicyclic amines) is 2. The van der Waals surface area contributed by atoms with E-state index in [1.807, 2.05) is 24.0 Å². The van der Waals surface area contributed by atoms with Gasteiger partial charge in [0.05, 0.1) is 11.7 Å². The average Bonchev–Trinajstić information content (AvgIpc) is 4.03. The lowest BCUT2D eigenvalue weighted by Gasteiger charge is -2.55. The highest BCUT2D eigenvalue weighted by molar-refractivity contribution is 6.06. The van der Waals surface area contributed by atoms with Gasteiger partial charge in [-0.15, -0.1) is 0 Å². The predicted molar refractivity (Wildman–Crippen MR) is 195 cm³/mol. The number of aliphatic hydroxyl groups is 1. The summed E-state index contributed by atoms with van der Waals surface area (Å²) in [5.41, 5.74) is 5.15. The maximum absolute atomic E-state index is 14.1. The first kappa shape index (κ1) is 33.6. The number of H-pyrrole nitrogens is 1. The lowest BCUT2D eigenvalue weighted by atomic mass is 9.72. The number of nitrogens with zero attached hydrogens (tertiary/aromatic N) is 6. The van der Waals surface area contributed by atoms with E-state index >= 15 is 0 Å². The van der Waals surface area contributed by atoms with Gasteiger partial charge in [0.25, 0.3) is 0 Å². The Kier molecular flexibility index (Phi) is 7.63. The van der Waals surface area contributed by atoms with Crippen LogP contribution in [0.2, 0.25) is 0 Å². The van der Waals surface area contributed by atoms with Crippen molar-refractivity contribution in [2.75, 3.05) is 50.8 Å². The molecule has 4 aromatic rings. The van der Waals surface area contributed by atoms with Crippen LogP contribution in [0.1, 0.15) is 68.4 Å². The Bertz CT molecular complexity index is 2080. The molecule has 6 aliphatic rings. The topological polar surface area (TPSA) is 103 Å². The van der Waals surface area contributed by atoms with Crippen molar-refractivity contribution in [2.24, 2.45) is 10.8 Å². The SMILES string of the molecule is C=CC(O)N1CC2(CCN(c3nc(OC4CC(N5CC6(CC6)C5)C4)nc4c(OCC(F)(F)F)c(-c5c(C)ccc6[nH]ncc56)c(C5CC5)cc34)CC2)C1. The van der Waals surface area contributed by atoms with E-state index in [0.29, 0.717) is 33.7 Å². The molecule has 2 N–H and O–H groups in total. The standard InChI is InChI=1S/C40H46F3N7O3/c1-3-31(51)50-20-39(21-50)10-12-48(13-11-39)36-28-16-27(24-5-6-24)33(32-23(2)4-7-30-29(32)17-44-47-30)35(52-22-40(41,42)43)34(28)45-37(46-36)53-26-14-25(15-26)49-18-38(19-49)8-9-38/h3-4,7,16-17,24-26,31,51H,1,5-6,8-15,18-22H2,2H3,(H,44,47). The molecule has 3 aliphatic carbocycles. The van der Waals surface area contributed by atoms with Gasteiger partial charge < -0.3 is 19.5 Å². The minimum atomic E-state index is -4.56. The quantitative estimate of drug-likeness (QED) is 0.173. The van der Waals surface area contributed by atoms with Gasteiger partial charge >= 0.3 is 12.2 Å². The zero-order valence-corrected chi connectivity index (χ0v) is 30.1. The van der Waals surface area contributed by atoms with Gasteiger partial charge in [-0.05, 0) is 97.1 Å². The Morgan fingerprint density at radius 3 is 2.43 bits per heavy atom. The number of alkyl halides is 3. The second-order valence-corrected chi connectivity index (χ2v) is 17.0. The zero-order chi connectivity index (χ0) is 36.3. The number of anilines is 1. The molecule has 1 unspecified atom stereocenters. The van der Waals surface area contributed by atoms with Crippen molar-refractivity contribution >= 4 is 27.6 Å². The summed E-state index contributed by atoms with van der Waals surface area (Å²) in [6.07, 6.45) is 6.18. The van der Waals surface area contributed by atoms with Crippen LogP contribution in [-0.2, 0) is 0 Å². The summed E-state index contributed by atoms with van der Waals surface area (Å²) in [7, 11) is 0. The Hall–Kier alpha value is -3.94. The molecule has 53 heavy (non-hydrogen) atoms.